The van der Waals surface area contributed by atoms with Gasteiger partial charge in [0, 0.05) is 12.6 Å². The molecule has 6 nitrogen and oxygen atoms in total. The molecular weight excluding hydrogens is 246 g/mol. The van der Waals surface area contributed by atoms with E-state index in [4.69, 9.17) is 9.26 Å². The van der Waals surface area contributed by atoms with Crippen LogP contribution in [0.4, 0.5) is 0 Å². The maximum Gasteiger partial charge on any atom is 0.239 e. The van der Waals surface area contributed by atoms with Crippen LogP contribution in [0.25, 0.3) is 11.5 Å². The zero-order valence-electron chi connectivity index (χ0n) is 10.5. The molecule has 0 aromatic carbocycles. The normalized spacial score (nSPS) is 19.6. The molecule has 98 valence electrons. The van der Waals surface area contributed by atoms with E-state index >= 15 is 0 Å². The summed E-state index contributed by atoms with van der Waals surface area (Å²) in [6.45, 7) is 2.74. The molecule has 19 heavy (non-hydrogen) atoms. The largest absolute Gasteiger partial charge is 0.380 e. The number of Topliss-reactive ketones (excluding diaryl/α,β-unsaturated/α-hetero) is 1. The van der Waals surface area contributed by atoms with Crippen molar-refractivity contribution in [1.29, 1.82) is 0 Å². The fourth-order valence-electron chi connectivity index (χ4n) is 1.99. The lowest BCUT2D eigenvalue weighted by Gasteiger charge is -2.16. The number of carbonyl (C=O) groups is 1. The molecule has 0 bridgehead atoms. The number of rotatable bonds is 2. The van der Waals surface area contributed by atoms with E-state index in [1.165, 1.54) is 0 Å². The third-order valence-corrected chi connectivity index (χ3v) is 3.05. The van der Waals surface area contributed by atoms with Crippen LogP contribution >= 0.6 is 0 Å². The summed E-state index contributed by atoms with van der Waals surface area (Å²) in [6, 6.07) is 3.76. The summed E-state index contributed by atoms with van der Waals surface area (Å²) in [7, 11) is 0. The number of carbonyl (C=O) groups excluding carboxylic acids is 1. The first kappa shape index (κ1) is 12.0. The van der Waals surface area contributed by atoms with Crippen LogP contribution < -0.4 is 0 Å². The summed E-state index contributed by atoms with van der Waals surface area (Å²) in [5.74, 6) is 0.346. The average molecular weight is 259 g/mol. The van der Waals surface area contributed by atoms with Crippen molar-refractivity contribution in [2.24, 2.45) is 0 Å². The number of hydrogen-bond acceptors (Lipinski definition) is 6. The highest BCUT2D eigenvalue weighted by molar-refractivity contribution is 5.85. The molecule has 6 heteroatoms. The number of nitrogens with zero attached hydrogens (tertiary/aromatic N) is 3. The molecule has 0 N–H and O–H groups in total. The summed E-state index contributed by atoms with van der Waals surface area (Å²) in [6.07, 6.45) is 2.08. The molecule has 0 radical (unpaired) electrons. The monoisotopic (exact) mass is 259 g/mol. The lowest BCUT2D eigenvalue weighted by Crippen LogP contribution is -2.25. The SMILES string of the molecule is Cc1ccnc(-c2noc(C3COCCC3=O)n2)c1. The molecule has 1 atom stereocenters. The summed E-state index contributed by atoms with van der Waals surface area (Å²) in [4.78, 5) is 20.2. The van der Waals surface area contributed by atoms with Crippen LogP contribution in [0, 0.1) is 6.92 Å². The highest BCUT2D eigenvalue weighted by Crippen LogP contribution is 2.23. The number of aromatic nitrogens is 3. The van der Waals surface area contributed by atoms with Crippen LogP contribution in [0.3, 0.4) is 0 Å². The maximum absolute atomic E-state index is 11.8. The van der Waals surface area contributed by atoms with E-state index in [2.05, 4.69) is 15.1 Å². The van der Waals surface area contributed by atoms with Gasteiger partial charge in [-0.15, -0.1) is 0 Å². The maximum atomic E-state index is 11.8. The van der Waals surface area contributed by atoms with Gasteiger partial charge in [-0.3, -0.25) is 9.78 Å². The number of ether oxygens (including phenoxy) is 1. The highest BCUT2D eigenvalue weighted by atomic mass is 16.5. The first-order chi connectivity index (χ1) is 9.24. The number of ketones is 1. The van der Waals surface area contributed by atoms with Gasteiger partial charge in [0.25, 0.3) is 0 Å². The Morgan fingerprint density at radius 3 is 3.11 bits per heavy atom. The van der Waals surface area contributed by atoms with Crippen LogP contribution in [-0.2, 0) is 9.53 Å². The molecule has 1 aliphatic rings. The molecule has 0 amide bonds. The molecule has 1 unspecified atom stereocenters. The summed E-state index contributed by atoms with van der Waals surface area (Å²) in [5.41, 5.74) is 1.70. The first-order valence-electron chi connectivity index (χ1n) is 6.11. The zero-order valence-corrected chi connectivity index (χ0v) is 10.5. The average Bonchev–Trinajstić information content (AvgIpc) is 2.89. The lowest BCUT2D eigenvalue weighted by atomic mass is 10.0. The predicted octanol–water partition coefficient (Wildman–Crippen LogP) is 1.51. The quantitative estimate of drug-likeness (QED) is 0.813. The van der Waals surface area contributed by atoms with Crippen molar-refractivity contribution >= 4 is 5.78 Å². The highest BCUT2D eigenvalue weighted by Gasteiger charge is 2.30. The number of hydrogen-bond donors (Lipinski definition) is 0. The van der Waals surface area contributed by atoms with E-state index in [-0.39, 0.29) is 5.78 Å². The van der Waals surface area contributed by atoms with Crippen molar-refractivity contribution < 1.29 is 14.1 Å². The van der Waals surface area contributed by atoms with Gasteiger partial charge in [-0.2, -0.15) is 4.98 Å². The topological polar surface area (TPSA) is 78.1 Å². The van der Waals surface area contributed by atoms with Gasteiger partial charge in [-0.1, -0.05) is 5.16 Å². The van der Waals surface area contributed by atoms with E-state index in [0.29, 0.717) is 37.0 Å². The third-order valence-electron chi connectivity index (χ3n) is 3.05. The van der Waals surface area contributed by atoms with Gasteiger partial charge in [0.15, 0.2) is 0 Å². The Morgan fingerprint density at radius 1 is 1.42 bits per heavy atom. The molecule has 0 aliphatic carbocycles. The second kappa shape index (κ2) is 4.89. The Hall–Kier alpha value is -2.08. The van der Waals surface area contributed by atoms with Gasteiger partial charge < -0.3 is 9.26 Å². The lowest BCUT2D eigenvalue weighted by molar-refractivity contribution is -0.127. The molecule has 1 saturated heterocycles. The Morgan fingerprint density at radius 2 is 2.32 bits per heavy atom. The van der Waals surface area contributed by atoms with E-state index in [9.17, 15) is 4.79 Å². The second-order valence-electron chi connectivity index (χ2n) is 4.52. The minimum Gasteiger partial charge on any atom is -0.380 e. The second-order valence-corrected chi connectivity index (χ2v) is 4.52. The molecule has 2 aromatic rings. The molecule has 3 rings (SSSR count). The van der Waals surface area contributed by atoms with Gasteiger partial charge in [0.2, 0.25) is 11.7 Å². The van der Waals surface area contributed by atoms with Crippen molar-refractivity contribution in [3.8, 4) is 11.5 Å². The van der Waals surface area contributed by atoms with Gasteiger partial charge in [0.05, 0.1) is 13.2 Å². The van der Waals surface area contributed by atoms with Gasteiger partial charge in [-0.05, 0) is 24.6 Å². The van der Waals surface area contributed by atoms with Gasteiger partial charge in [0.1, 0.15) is 17.4 Å². The van der Waals surface area contributed by atoms with Crippen molar-refractivity contribution in [3.63, 3.8) is 0 Å². The standard InChI is InChI=1S/C13H13N3O3/c1-8-2-4-14-10(6-8)12-15-13(19-16-12)9-7-18-5-3-11(9)17/h2,4,6,9H,3,5,7H2,1H3. The summed E-state index contributed by atoms with van der Waals surface area (Å²) < 4.78 is 10.4. The summed E-state index contributed by atoms with van der Waals surface area (Å²) in [5, 5.41) is 3.88. The Labute approximate surface area is 109 Å². The van der Waals surface area contributed by atoms with E-state index < -0.39 is 5.92 Å². The number of pyridine rings is 1. The van der Waals surface area contributed by atoms with Crippen LogP contribution in [0.5, 0.6) is 0 Å². The van der Waals surface area contributed by atoms with Crippen LogP contribution in [0.15, 0.2) is 22.9 Å². The Kier molecular flexibility index (Phi) is 3.08. The third kappa shape index (κ3) is 2.39. The number of aryl methyl sites for hydroxylation is 1. The molecule has 1 aliphatic heterocycles. The van der Waals surface area contributed by atoms with Crippen molar-refractivity contribution in [3.05, 3.63) is 29.8 Å². The fraction of sp³-hybridized carbons (Fsp3) is 0.385. The molecular formula is C13H13N3O3. The minimum atomic E-state index is -0.445. The van der Waals surface area contributed by atoms with E-state index in [1.807, 2.05) is 19.1 Å². The Bertz CT molecular complexity index is 609. The molecule has 1 fully saturated rings. The van der Waals surface area contributed by atoms with Crippen molar-refractivity contribution in [2.45, 2.75) is 19.3 Å². The molecule has 0 spiro atoms. The van der Waals surface area contributed by atoms with E-state index in [1.54, 1.807) is 6.20 Å². The molecule has 0 saturated carbocycles. The van der Waals surface area contributed by atoms with Crippen LogP contribution in [0.2, 0.25) is 0 Å². The molecule has 2 aromatic heterocycles. The smallest absolute Gasteiger partial charge is 0.239 e. The minimum absolute atomic E-state index is 0.0821. The molecule has 3 heterocycles. The van der Waals surface area contributed by atoms with Crippen LogP contribution in [0.1, 0.15) is 23.8 Å². The van der Waals surface area contributed by atoms with Crippen molar-refractivity contribution in [2.75, 3.05) is 13.2 Å². The zero-order chi connectivity index (χ0) is 13.2. The van der Waals surface area contributed by atoms with Gasteiger partial charge >= 0.3 is 0 Å². The van der Waals surface area contributed by atoms with Crippen molar-refractivity contribution in [1.82, 2.24) is 15.1 Å². The first-order valence-corrected chi connectivity index (χ1v) is 6.11. The Balaban J connectivity index is 1.89. The fourth-order valence-corrected chi connectivity index (χ4v) is 1.99. The predicted molar refractivity (Wildman–Crippen MR) is 65.5 cm³/mol. The summed E-state index contributed by atoms with van der Waals surface area (Å²) >= 11 is 0. The van der Waals surface area contributed by atoms with Gasteiger partial charge in [-0.25, -0.2) is 0 Å². The van der Waals surface area contributed by atoms with E-state index in [0.717, 1.165) is 5.56 Å². The van der Waals surface area contributed by atoms with Crippen LogP contribution in [-0.4, -0.2) is 34.1 Å².